The van der Waals surface area contributed by atoms with Crippen molar-refractivity contribution in [1.82, 2.24) is 19.9 Å². The Morgan fingerprint density at radius 3 is 2.78 bits per heavy atom. The van der Waals surface area contributed by atoms with Gasteiger partial charge >= 0.3 is 0 Å². The SMILES string of the molecule is COc1cccc(-c2nnc(SCc3cc(C)no3)n2Cc2ccco2)c1. The molecule has 138 valence electrons. The van der Waals surface area contributed by atoms with E-state index in [1.807, 2.05) is 54.0 Å². The quantitative estimate of drug-likeness (QED) is 0.444. The number of hydrogen-bond donors (Lipinski definition) is 0. The van der Waals surface area contributed by atoms with Gasteiger partial charge in [-0.1, -0.05) is 29.1 Å². The molecule has 0 aliphatic rings. The third-order valence-electron chi connectivity index (χ3n) is 3.96. The lowest BCUT2D eigenvalue weighted by molar-refractivity contribution is 0.391. The Labute approximate surface area is 160 Å². The highest BCUT2D eigenvalue weighted by Gasteiger charge is 2.17. The molecule has 0 bridgehead atoms. The van der Waals surface area contributed by atoms with Gasteiger partial charge in [-0.25, -0.2) is 0 Å². The van der Waals surface area contributed by atoms with Crippen LogP contribution in [0.2, 0.25) is 0 Å². The largest absolute Gasteiger partial charge is 0.497 e. The fourth-order valence-corrected chi connectivity index (χ4v) is 3.50. The summed E-state index contributed by atoms with van der Waals surface area (Å²) in [7, 11) is 1.65. The van der Waals surface area contributed by atoms with E-state index >= 15 is 0 Å². The summed E-state index contributed by atoms with van der Waals surface area (Å²) in [6.45, 7) is 2.43. The first-order valence-electron chi connectivity index (χ1n) is 8.38. The monoisotopic (exact) mass is 382 g/mol. The predicted molar refractivity (Wildman–Crippen MR) is 101 cm³/mol. The fraction of sp³-hybridized carbons (Fsp3) is 0.211. The minimum absolute atomic E-state index is 0.532. The van der Waals surface area contributed by atoms with E-state index in [0.717, 1.165) is 39.5 Å². The first kappa shape index (κ1) is 17.4. The Kier molecular flexibility index (Phi) is 4.97. The van der Waals surface area contributed by atoms with E-state index in [-0.39, 0.29) is 0 Å². The number of benzene rings is 1. The molecule has 8 heteroatoms. The van der Waals surface area contributed by atoms with Crippen molar-refractivity contribution >= 4 is 11.8 Å². The van der Waals surface area contributed by atoms with Crippen LogP contribution >= 0.6 is 11.8 Å². The van der Waals surface area contributed by atoms with Crippen LogP contribution in [0.5, 0.6) is 5.75 Å². The molecule has 0 amide bonds. The van der Waals surface area contributed by atoms with Crippen molar-refractivity contribution in [1.29, 1.82) is 0 Å². The van der Waals surface area contributed by atoms with Crippen LogP contribution < -0.4 is 4.74 Å². The molecule has 0 saturated heterocycles. The third kappa shape index (κ3) is 3.90. The number of rotatable bonds is 7. The normalized spacial score (nSPS) is 11.0. The van der Waals surface area contributed by atoms with Crippen molar-refractivity contribution in [3.05, 3.63) is 65.9 Å². The summed E-state index contributed by atoms with van der Waals surface area (Å²) in [5.41, 5.74) is 1.79. The van der Waals surface area contributed by atoms with E-state index in [0.29, 0.717) is 12.3 Å². The van der Waals surface area contributed by atoms with Crippen LogP contribution in [-0.4, -0.2) is 27.0 Å². The molecule has 0 saturated carbocycles. The van der Waals surface area contributed by atoms with Crippen molar-refractivity contribution in [3.8, 4) is 17.1 Å². The first-order chi connectivity index (χ1) is 13.2. The Morgan fingerprint density at radius 2 is 2.04 bits per heavy atom. The molecule has 1 aromatic carbocycles. The zero-order chi connectivity index (χ0) is 18.6. The first-order valence-corrected chi connectivity index (χ1v) is 9.36. The van der Waals surface area contributed by atoms with Crippen LogP contribution in [0.1, 0.15) is 17.2 Å². The van der Waals surface area contributed by atoms with Gasteiger partial charge in [0.05, 0.1) is 31.4 Å². The van der Waals surface area contributed by atoms with Gasteiger partial charge < -0.3 is 13.7 Å². The number of methoxy groups -OCH3 is 1. The summed E-state index contributed by atoms with van der Waals surface area (Å²) in [5, 5.41) is 13.5. The van der Waals surface area contributed by atoms with Crippen LogP contribution in [0.25, 0.3) is 11.4 Å². The van der Waals surface area contributed by atoms with E-state index < -0.39 is 0 Å². The topological polar surface area (TPSA) is 79.1 Å². The Hall–Kier alpha value is -3.00. The number of ether oxygens (including phenoxy) is 1. The van der Waals surface area contributed by atoms with Crippen molar-refractivity contribution in [2.24, 2.45) is 0 Å². The van der Waals surface area contributed by atoms with Gasteiger partial charge in [-0.05, 0) is 31.2 Å². The average Bonchev–Trinajstić information content (AvgIpc) is 3.43. The number of hydrogen-bond acceptors (Lipinski definition) is 7. The minimum atomic E-state index is 0.532. The van der Waals surface area contributed by atoms with Crippen molar-refractivity contribution < 1.29 is 13.7 Å². The summed E-state index contributed by atoms with van der Waals surface area (Å²) in [6.07, 6.45) is 1.66. The molecule has 0 radical (unpaired) electrons. The highest BCUT2D eigenvalue weighted by atomic mass is 32.2. The van der Waals surface area contributed by atoms with Crippen LogP contribution in [0.3, 0.4) is 0 Å². The molecule has 0 N–H and O–H groups in total. The van der Waals surface area contributed by atoms with Gasteiger partial charge in [-0.2, -0.15) is 0 Å². The van der Waals surface area contributed by atoms with Gasteiger partial charge in [-0.15, -0.1) is 10.2 Å². The zero-order valence-electron chi connectivity index (χ0n) is 15.0. The molecule has 7 nitrogen and oxygen atoms in total. The van der Waals surface area contributed by atoms with Crippen LogP contribution in [0.15, 0.2) is 62.8 Å². The maximum Gasteiger partial charge on any atom is 0.192 e. The van der Waals surface area contributed by atoms with Crippen molar-refractivity contribution in [3.63, 3.8) is 0 Å². The molecule has 0 unspecified atom stereocenters. The second kappa shape index (κ2) is 7.71. The Morgan fingerprint density at radius 1 is 1.11 bits per heavy atom. The molecule has 4 rings (SSSR count). The second-order valence-corrected chi connectivity index (χ2v) is 6.87. The highest BCUT2D eigenvalue weighted by Crippen LogP contribution is 2.29. The lowest BCUT2D eigenvalue weighted by Gasteiger charge is -2.09. The Bertz CT molecular complexity index is 1020. The molecule has 0 fully saturated rings. The van der Waals surface area contributed by atoms with Crippen LogP contribution in [0.4, 0.5) is 0 Å². The van der Waals surface area contributed by atoms with Crippen molar-refractivity contribution in [2.45, 2.75) is 24.4 Å². The van der Waals surface area contributed by atoms with E-state index in [1.54, 1.807) is 25.1 Å². The third-order valence-corrected chi connectivity index (χ3v) is 4.95. The molecule has 3 heterocycles. The van der Waals surface area contributed by atoms with Gasteiger partial charge in [0, 0.05) is 11.6 Å². The lowest BCUT2D eigenvalue weighted by Crippen LogP contribution is -2.03. The number of aryl methyl sites for hydroxylation is 1. The molecule has 0 spiro atoms. The molecular weight excluding hydrogens is 364 g/mol. The predicted octanol–water partition coefficient (Wildman–Crippen LogP) is 4.18. The van der Waals surface area contributed by atoms with E-state index in [1.165, 1.54) is 0 Å². The Balaban J connectivity index is 1.66. The van der Waals surface area contributed by atoms with E-state index in [2.05, 4.69) is 15.4 Å². The average molecular weight is 382 g/mol. The molecule has 0 aliphatic carbocycles. The molecule has 4 aromatic rings. The summed E-state index contributed by atoms with van der Waals surface area (Å²) >= 11 is 1.54. The number of aromatic nitrogens is 4. The lowest BCUT2D eigenvalue weighted by atomic mass is 10.2. The van der Waals surface area contributed by atoms with Crippen LogP contribution in [0, 0.1) is 6.92 Å². The standard InChI is InChI=1S/C19H18N4O3S/c1-13-9-17(26-22-13)12-27-19-21-20-18(14-5-3-6-15(10-14)24-2)23(19)11-16-7-4-8-25-16/h3-10H,11-12H2,1-2H3. The van der Waals surface area contributed by atoms with E-state index in [9.17, 15) is 0 Å². The number of furan rings is 1. The molecule has 0 atom stereocenters. The molecule has 27 heavy (non-hydrogen) atoms. The van der Waals surface area contributed by atoms with Gasteiger partial charge in [0.1, 0.15) is 17.3 Å². The van der Waals surface area contributed by atoms with Crippen molar-refractivity contribution in [2.75, 3.05) is 7.11 Å². The van der Waals surface area contributed by atoms with Gasteiger partial charge in [0.25, 0.3) is 0 Å². The maximum absolute atomic E-state index is 5.52. The summed E-state index contributed by atoms with van der Waals surface area (Å²) in [5.74, 6) is 3.77. The maximum atomic E-state index is 5.52. The summed E-state index contributed by atoms with van der Waals surface area (Å²) in [4.78, 5) is 0. The summed E-state index contributed by atoms with van der Waals surface area (Å²) in [6, 6.07) is 13.5. The van der Waals surface area contributed by atoms with Gasteiger partial charge in [0.15, 0.2) is 11.0 Å². The number of nitrogens with zero attached hydrogens (tertiary/aromatic N) is 4. The van der Waals surface area contributed by atoms with E-state index in [4.69, 9.17) is 13.7 Å². The second-order valence-electron chi connectivity index (χ2n) is 5.93. The highest BCUT2D eigenvalue weighted by molar-refractivity contribution is 7.98. The van der Waals surface area contributed by atoms with Crippen LogP contribution in [-0.2, 0) is 12.3 Å². The molecule has 3 aromatic heterocycles. The summed E-state index contributed by atoms with van der Waals surface area (Å²) < 4.78 is 18.2. The van der Waals surface area contributed by atoms with Gasteiger partial charge in [-0.3, -0.25) is 4.57 Å². The van der Waals surface area contributed by atoms with Gasteiger partial charge in [0.2, 0.25) is 0 Å². The minimum Gasteiger partial charge on any atom is -0.497 e. The fourth-order valence-electron chi connectivity index (χ4n) is 2.69. The molecule has 0 aliphatic heterocycles. The smallest absolute Gasteiger partial charge is 0.192 e. The number of thioether (sulfide) groups is 1. The molecular formula is C19H18N4O3S. The zero-order valence-corrected chi connectivity index (χ0v) is 15.8.